The Morgan fingerprint density at radius 2 is 2.09 bits per heavy atom. The molecular formula is C18H27N5. The Labute approximate surface area is 138 Å². The van der Waals surface area contributed by atoms with E-state index in [9.17, 15) is 0 Å². The Morgan fingerprint density at radius 1 is 1.26 bits per heavy atom. The van der Waals surface area contributed by atoms with Gasteiger partial charge in [0.1, 0.15) is 6.33 Å². The molecule has 2 unspecified atom stereocenters. The van der Waals surface area contributed by atoms with Crippen LogP contribution in [-0.4, -0.2) is 45.3 Å². The number of nitrogens with one attached hydrogen (secondary N) is 1. The summed E-state index contributed by atoms with van der Waals surface area (Å²) >= 11 is 0. The van der Waals surface area contributed by atoms with Crippen molar-refractivity contribution in [2.75, 3.05) is 13.6 Å². The van der Waals surface area contributed by atoms with Crippen molar-refractivity contribution in [1.29, 1.82) is 0 Å². The summed E-state index contributed by atoms with van der Waals surface area (Å²) in [6.07, 6.45) is 7.00. The van der Waals surface area contributed by atoms with Crippen LogP contribution in [-0.2, 0) is 6.54 Å². The predicted octanol–water partition coefficient (Wildman–Crippen LogP) is 2.62. The van der Waals surface area contributed by atoms with Crippen LogP contribution in [0.5, 0.6) is 0 Å². The van der Waals surface area contributed by atoms with Gasteiger partial charge < -0.3 is 10.2 Å². The van der Waals surface area contributed by atoms with Gasteiger partial charge in [0.15, 0.2) is 5.82 Å². The molecule has 3 rings (SSSR count). The fraction of sp³-hybridized carbons (Fsp3) is 0.556. The van der Waals surface area contributed by atoms with Crippen molar-refractivity contribution in [2.45, 2.75) is 51.2 Å². The van der Waals surface area contributed by atoms with E-state index in [1.165, 1.54) is 32.2 Å². The minimum absolute atomic E-state index is 0.474. The Hall–Kier alpha value is -1.72. The largest absolute Gasteiger partial charge is 0.307 e. The van der Waals surface area contributed by atoms with Crippen LogP contribution in [0.25, 0.3) is 5.69 Å². The molecule has 2 heterocycles. The number of aromatic nitrogens is 3. The normalized spacial score (nSPS) is 20.5. The third kappa shape index (κ3) is 4.18. The van der Waals surface area contributed by atoms with Gasteiger partial charge in [-0.25, -0.2) is 0 Å². The first-order chi connectivity index (χ1) is 11.2. The molecule has 1 aliphatic heterocycles. The third-order valence-corrected chi connectivity index (χ3v) is 4.81. The van der Waals surface area contributed by atoms with Crippen LogP contribution in [0.1, 0.15) is 38.4 Å². The number of rotatable bonds is 6. The van der Waals surface area contributed by atoms with Gasteiger partial charge in [-0.05, 0) is 51.9 Å². The lowest BCUT2D eigenvalue weighted by Gasteiger charge is -2.34. The third-order valence-electron chi connectivity index (χ3n) is 4.81. The second-order valence-corrected chi connectivity index (χ2v) is 6.60. The highest BCUT2D eigenvalue weighted by atomic mass is 15.3. The van der Waals surface area contributed by atoms with Gasteiger partial charge in [-0.15, -0.1) is 10.2 Å². The zero-order valence-corrected chi connectivity index (χ0v) is 14.2. The molecule has 0 saturated carbocycles. The summed E-state index contributed by atoms with van der Waals surface area (Å²) in [4.78, 5) is 2.51. The van der Waals surface area contributed by atoms with Crippen molar-refractivity contribution in [3.05, 3.63) is 42.5 Å². The highest BCUT2D eigenvalue weighted by Gasteiger charge is 2.21. The highest BCUT2D eigenvalue weighted by molar-refractivity contribution is 5.31. The summed E-state index contributed by atoms with van der Waals surface area (Å²) in [7, 11) is 2.25. The molecule has 0 aliphatic carbocycles. The molecular weight excluding hydrogens is 286 g/mol. The maximum absolute atomic E-state index is 4.27. The maximum atomic E-state index is 4.27. The average Bonchev–Trinajstić information content (AvgIpc) is 3.04. The van der Waals surface area contributed by atoms with E-state index >= 15 is 0 Å². The van der Waals surface area contributed by atoms with E-state index in [4.69, 9.17) is 0 Å². The molecule has 0 amide bonds. The summed E-state index contributed by atoms with van der Waals surface area (Å²) in [5.74, 6) is 0.958. The number of hydrogen-bond donors (Lipinski definition) is 1. The van der Waals surface area contributed by atoms with Crippen LogP contribution < -0.4 is 5.32 Å². The molecule has 1 aromatic carbocycles. The molecule has 1 N–H and O–H groups in total. The van der Waals surface area contributed by atoms with E-state index in [0.29, 0.717) is 12.1 Å². The van der Waals surface area contributed by atoms with Crippen molar-refractivity contribution in [3.8, 4) is 5.69 Å². The lowest BCUT2D eigenvalue weighted by molar-refractivity contribution is 0.165. The first kappa shape index (κ1) is 16.1. The summed E-state index contributed by atoms with van der Waals surface area (Å²) in [5, 5.41) is 11.9. The predicted molar refractivity (Wildman–Crippen MR) is 92.5 cm³/mol. The Balaban J connectivity index is 1.55. The van der Waals surface area contributed by atoms with Crippen LogP contribution in [0.3, 0.4) is 0 Å². The molecule has 2 aromatic rings. The molecule has 124 valence electrons. The van der Waals surface area contributed by atoms with Crippen LogP contribution in [0.15, 0.2) is 36.7 Å². The van der Waals surface area contributed by atoms with Crippen LogP contribution in [0.4, 0.5) is 0 Å². The number of hydrogen-bond acceptors (Lipinski definition) is 4. The minimum Gasteiger partial charge on any atom is -0.307 e. The minimum atomic E-state index is 0.474. The van der Waals surface area contributed by atoms with Gasteiger partial charge in [-0.3, -0.25) is 4.57 Å². The zero-order chi connectivity index (χ0) is 16.1. The summed E-state index contributed by atoms with van der Waals surface area (Å²) in [6.45, 7) is 4.25. The molecule has 1 aromatic heterocycles. The fourth-order valence-electron chi connectivity index (χ4n) is 3.38. The molecule has 0 radical (unpaired) electrons. The molecule has 23 heavy (non-hydrogen) atoms. The number of nitrogens with zero attached hydrogens (tertiary/aromatic N) is 4. The number of para-hydroxylation sites is 1. The van der Waals surface area contributed by atoms with Gasteiger partial charge in [0.2, 0.25) is 0 Å². The highest BCUT2D eigenvalue weighted by Crippen LogP contribution is 2.19. The van der Waals surface area contributed by atoms with Crippen molar-refractivity contribution in [2.24, 2.45) is 0 Å². The van der Waals surface area contributed by atoms with E-state index in [-0.39, 0.29) is 0 Å². The van der Waals surface area contributed by atoms with E-state index in [2.05, 4.69) is 46.5 Å². The Morgan fingerprint density at radius 3 is 2.87 bits per heavy atom. The van der Waals surface area contributed by atoms with Crippen molar-refractivity contribution in [1.82, 2.24) is 25.0 Å². The standard InChI is InChI=1S/C18H27N5/c1-15(12-17-10-6-7-11-22(17)2)19-13-18-21-20-14-23(18)16-8-4-3-5-9-16/h3-5,8-9,14-15,17,19H,6-7,10-13H2,1-2H3. The van der Waals surface area contributed by atoms with E-state index in [1.807, 2.05) is 22.8 Å². The molecule has 1 saturated heterocycles. The quantitative estimate of drug-likeness (QED) is 0.890. The topological polar surface area (TPSA) is 46.0 Å². The smallest absolute Gasteiger partial charge is 0.151 e. The monoisotopic (exact) mass is 313 g/mol. The average molecular weight is 313 g/mol. The lowest BCUT2D eigenvalue weighted by Crippen LogP contribution is -2.41. The molecule has 1 fully saturated rings. The van der Waals surface area contributed by atoms with Gasteiger partial charge in [0.25, 0.3) is 0 Å². The lowest BCUT2D eigenvalue weighted by atomic mass is 9.97. The zero-order valence-electron chi connectivity index (χ0n) is 14.2. The van der Waals surface area contributed by atoms with Crippen LogP contribution in [0.2, 0.25) is 0 Å². The second-order valence-electron chi connectivity index (χ2n) is 6.60. The number of benzene rings is 1. The van der Waals surface area contributed by atoms with Gasteiger partial charge in [-0.1, -0.05) is 24.6 Å². The molecule has 0 bridgehead atoms. The van der Waals surface area contributed by atoms with Crippen LogP contribution in [0, 0.1) is 0 Å². The van der Waals surface area contributed by atoms with E-state index in [1.54, 1.807) is 6.33 Å². The summed E-state index contributed by atoms with van der Waals surface area (Å²) < 4.78 is 2.05. The molecule has 2 atom stereocenters. The summed E-state index contributed by atoms with van der Waals surface area (Å²) in [5.41, 5.74) is 1.11. The fourth-order valence-corrected chi connectivity index (χ4v) is 3.38. The summed E-state index contributed by atoms with van der Waals surface area (Å²) in [6, 6.07) is 11.4. The second kappa shape index (κ2) is 7.70. The molecule has 5 nitrogen and oxygen atoms in total. The SMILES string of the molecule is CC(CC1CCCCN1C)NCc1nncn1-c1ccccc1. The maximum Gasteiger partial charge on any atom is 0.151 e. The molecule has 1 aliphatic rings. The first-order valence-electron chi connectivity index (χ1n) is 8.62. The number of piperidine rings is 1. The molecule has 0 spiro atoms. The Kier molecular flexibility index (Phi) is 5.41. The van der Waals surface area contributed by atoms with Gasteiger partial charge >= 0.3 is 0 Å². The van der Waals surface area contributed by atoms with Gasteiger partial charge in [-0.2, -0.15) is 0 Å². The number of likely N-dealkylation sites (tertiary alicyclic amines) is 1. The Bertz CT molecular complexity index is 594. The molecule has 5 heteroatoms. The van der Waals surface area contributed by atoms with E-state index in [0.717, 1.165) is 18.1 Å². The van der Waals surface area contributed by atoms with Crippen molar-refractivity contribution < 1.29 is 0 Å². The van der Waals surface area contributed by atoms with Gasteiger partial charge in [0.05, 0.1) is 6.54 Å². The van der Waals surface area contributed by atoms with Crippen molar-refractivity contribution >= 4 is 0 Å². The first-order valence-corrected chi connectivity index (χ1v) is 8.62. The van der Waals surface area contributed by atoms with Crippen molar-refractivity contribution in [3.63, 3.8) is 0 Å². The van der Waals surface area contributed by atoms with E-state index < -0.39 is 0 Å². The van der Waals surface area contributed by atoms with Gasteiger partial charge in [0, 0.05) is 17.8 Å². The van der Waals surface area contributed by atoms with Crippen LogP contribution >= 0.6 is 0 Å².